The Balaban J connectivity index is 2.30. The maximum absolute atomic E-state index is 6.19. The van der Waals surface area contributed by atoms with Gasteiger partial charge in [-0.3, -0.25) is 0 Å². The Labute approximate surface area is 147 Å². The first-order chi connectivity index (χ1) is 11.2. The Morgan fingerprint density at radius 1 is 0.565 bits per heavy atom. The predicted molar refractivity (Wildman–Crippen MR) is 98.9 cm³/mol. The molecule has 0 aliphatic heterocycles. The van der Waals surface area contributed by atoms with Gasteiger partial charge in [0.05, 0.1) is 0 Å². The van der Waals surface area contributed by atoms with Gasteiger partial charge in [0, 0.05) is 0 Å². The average molecular weight is 361 g/mol. The molecule has 1 nitrogen and oxygen atoms in total. The standard InChI is InChI=1S/C19H15Cl2OP/c20-23(21)22-19(16-10-4-1-5-11-16,17-12-6-2-7-13-17)18-14-8-3-9-15-18/h1-15H. The van der Waals surface area contributed by atoms with Gasteiger partial charge in [0.1, 0.15) is 0 Å². The number of benzene rings is 3. The quantitative estimate of drug-likeness (QED) is 0.363. The summed E-state index contributed by atoms with van der Waals surface area (Å²) in [5.41, 5.74) is 2.14. The molecule has 0 saturated heterocycles. The molecule has 0 unspecified atom stereocenters. The normalized spacial score (nSPS) is 11.6. The van der Waals surface area contributed by atoms with Crippen molar-refractivity contribution in [2.45, 2.75) is 5.60 Å². The summed E-state index contributed by atoms with van der Waals surface area (Å²) in [5.74, 6) is 0. The van der Waals surface area contributed by atoms with Crippen LogP contribution in [-0.4, -0.2) is 0 Å². The Hall–Kier alpha value is -1.37. The molecule has 23 heavy (non-hydrogen) atoms. The van der Waals surface area contributed by atoms with Crippen molar-refractivity contribution in [1.82, 2.24) is 0 Å². The molecule has 116 valence electrons. The molecule has 3 aromatic rings. The molecule has 0 saturated carbocycles. The third-order valence-corrected chi connectivity index (χ3v) is 4.57. The fourth-order valence-corrected chi connectivity index (χ4v) is 3.92. The van der Waals surface area contributed by atoms with Crippen molar-refractivity contribution >= 4 is 29.3 Å². The van der Waals surface area contributed by atoms with E-state index in [4.69, 9.17) is 27.0 Å². The van der Waals surface area contributed by atoms with E-state index in [1.165, 1.54) is 0 Å². The highest BCUT2D eigenvalue weighted by Gasteiger charge is 2.39. The fourth-order valence-electron chi connectivity index (χ4n) is 2.78. The molecule has 0 aliphatic carbocycles. The maximum Gasteiger partial charge on any atom is 0.227 e. The zero-order valence-electron chi connectivity index (χ0n) is 12.3. The molecule has 0 aromatic heterocycles. The van der Waals surface area contributed by atoms with Crippen LogP contribution < -0.4 is 0 Å². The molecular weight excluding hydrogens is 346 g/mol. The van der Waals surface area contributed by atoms with E-state index in [0.717, 1.165) is 16.7 Å². The molecule has 0 N–H and O–H groups in total. The number of rotatable bonds is 5. The zero-order chi connectivity index (χ0) is 16.1. The number of hydrogen-bond donors (Lipinski definition) is 0. The lowest BCUT2D eigenvalue weighted by Gasteiger charge is -2.35. The van der Waals surface area contributed by atoms with Crippen molar-refractivity contribution in [1.29, 1.82) is 0 Å². The first kappa shape index (κ1) is 16.5. The molecule has 0 aliphatic rings. The van der Waals surface area contributed by atoms with E-state index in [1.54, 1.807) is 0 Å². The SMILES string of the molecule is ClP(Cl)OC(c1ccccc1)(c1ccccc1)c1ccccc1. The van der Waals surface area contributed by atoms with E-state index in [9.17, 15) is 0 Å². The van der Waals surface area contributed by atoms with E-state index in [1.807, 2.05) is 91.0 Å². The van der Waals surface area contributed by atoms with Crippen LogP contribution in [0.5, 0.6) is 0 Å². The summed E-state index contributed by atoms with van der Waals surface area (Å²) < 4.78 is 6.19. The minimum absolute atomic E-state index is 0.834. The van der Waals surface area contributed by atoms with Gasteiger partial charge in [-0.05, 0) is 39.2 Å². The highest BCUT2D eigenvalue weighted by molar-refractivity contribution is 8.00. The van der Waals surface area contributed by atoms with Crippen LogP contribution in [0.4, 0.5) is 0 Å². The van der Waals surface area contributed by atoms with Gasteiger partial charge in [-0.25, -0.2) is 0 Å². The van der Waals surface area contributed by atoms with Crippen LogP contribution in [0.1, 0.15) is 16.7 Å². The zero-order valence-corrected chi connectivity index (χ0v) is 14.7. The van der Waals surface area contributed by atoms with Crippen molar-refractivity contribution in [3.63, 3.8) is 0 Å². The van der Waals surface area contributed by atoms with Crippen molar-refractivity contribution < 1.29 is 4.52 Å². The Morgan fingerprint density at radius 2 is 0.870 bits per heavy atom. The molecule has 3 aromatic carbocycles. The van der Waals surface area contributed by atoms with Crippen LogP contribution in [-0.2, 0) is 10.1 Å². The molecule has 0 radical (unpaired) electrons. The second-order valence-corrected chi connectivity index (χ2v) is 8.02. The molecule has 3 rings (SSSR count). The molecule has 0 amide bonds. The average Bonchev–Trinajstić information content (AvgIpc) is 2.62. The summed E-state index contributed by atoms with van der Waals surface area (Å²) in [7, 11) is 0. The van der Waals surface area contributed by atoms with E-state index in [0.29, 0.717) is 0 Å². The third-order valence-electron chi connectivity index (χ3n) is 3.75. The minimum Gasteiger partial charge on any atom is -0.310 e. The summed E-state index contributed by atoms with van der Waals surface area (Å²) >= 11 is 12.2. The summed E-state index contributed by atoms with van der Waals surface area (Å²) in [6.45, 7) is -1.61. The Morgan fingerprint density at radius 3 is 1.13 bits per heavy atom. The lowest BCUT2D eigenvalue weighted by Crippen LogP contribution is -2.30. The van der Waals surface area contributed by atoms with Crippen LogP contribution in [0.2, 0.25) is 0 Å². The molecule has 0 fully saturated rings. The Bertz CT molecular complexity index is 636. The second-order valence-electron chi connectivity index (χ2n) is 5.07. The van der Waals surface area contributed by atoms with Crippen molar-refractivity contribution in [2.24, 2.45) is 0 Å². The fraction of sp³-hybridized carbons (Fsp3) is 0.0526. The first-order valence-electron chi connectivity index (χ1n) is 7.21. The molecule has 4 heteroatoms. The lowest BCUT2D eigenvalue weighted by molar-refractivity contribution is 0.186. The van der Waals surface area contributed by atoms with Crippen LogP contribution in [0, 0.1) is 0 Å². The summed E-state index contributed by atoms with van der Waals surface area (Å²) in [6.07, 6.45) is 0. The molecule has 0 heterocycles. The van der Waals surface area contributed by atoms with Crippen LogP contribution in [0.3, 0.4) is 0 Å². The van der Waals surface area contributed by atoms with Gasteiger partial charge in [0.25, 0.3) is 0 Å². The molecule has 0 spiro atoms. The summed E-state index contributed by atoms with van der Waals surface area (Å²) in [5, 5.41) is 0. The van der Waals surface area contributed by atoms with Crippen LogP contribution in [0.15, 0.2) is 91.0 Å². The highest BCUT2D eigenvalue weighted by Crippen LogP contribution is 2.57. The molecule has 0 atom stereocenters. The van der Waals surface area contributed by atoms with Gasteiger partial charge in [-0.2, -0.15) is 0 Å². The summed E-state index contributed by atoms with van der Waals surface area (Å²) in [6, 6.07) is 30.1. The first-order valence-corrected chi connectivity index (χ1v) is 10.3. The second kappa shape index (κ2) is 7.47. The number of halogens is 2. The molecule has 0 bridgehead atoms. The van der Waals surface area contributed by atoms with Gasteiger partial charge < -0.3 is 4.52 Å². The van der Waals surface area contributed by atoms with Crippen molar-refractivity contribution in [3.05, 3.63) is 108 Å². The van der Waals surface area contributed by atoms with Crippen molar-refractivity contribution in [3.8, 4) is 0 Å². The summed E-state index contributed by atoms with van der Waals surface area (Å²) in [4.78, 5) is 0. The predicted octanol–water partition coefficient (Wildman–Crippen LogP) is 6.70. The van der Waals surface area contributed by atoms with Crippen LogP contribution >= 0.6 is 29.3 Å². The van der Waals surface area contributed by atoms with Gasteiger partial charge in [0.15, 0.2) is 5.60 Å². The van der Waals surface area contributed by atoms with E-state index in [-0.39, 0.29) is 0 Å². The van der Waals surface area contributed by atoms with E-state index < -0.39 is 12.5 Å². The topological polar surface area (TPSA) is 9.23 Å². The lowest BCUT2D eigenvalue weighted by atomic mass is 9.80. The van der Waals surface area contributed by atoms with Gasteiger partial charge >= 0.3 is 0 Å². The van der Waals surface area contributed by atoms with Gasteiger partial charge in [0.2, 0.25) is 6.85 Å². The van der Waals surface area contributed by atoms with E-state index >= 15 is 0 Å². The molecular formula is C19H15Cl2OP. The minimum atomic E-state index is -1.61. The smallest absolute Gasteiger partial charge is 0.227 e. The highest BCUT2D eigenvalue weighted by atomic mass is 35.9. The third kappa shape index (κ3) is 3.44. The maximum atomic E-state index is 6.19. The monoisotopic (exact) mass is 360 g/mol. The largest absolute Gasteiger partial charge is 0.310 e. The Kier molecular flexibility index (Phi) is 5.35. The van der Waals surface area contributed by atoms with Crippen molar-refractivity contribution in [2.75, 3.05) is 0 Å². The van der Waals surface area contributed by atoms with Gasteiger partial charge in [-0.15, -0.1) is 0 Å². The number of hydrogen-bond acceptors (Lipinski definition) is 1. The van der Waals surface area contributed by atoms with Crippen LogP contribution in [0.25, 0.3) is 0 Å². The van der Waals surface area contributed by atoms with Gasteiger partial charge in [-0.1, -0.05) is 91.0 Å². The van der Waals surface area contributed by atoms with E-state index in [2.05, 4.69) is 0 Å².